The number of carbonyl (C=O) groups is 3. The van der Waals surface area contributed by atoms with Gasteiger partial charge < -0.3 is 25.4 Å². The van der Waals surface area contributed by atoms with Crippen LogP contribution in [-0.4, -0.2) is 37.4 Å². The van der Waals surface area contributed by atoms with Crippen LogP contribution in [-0.2, 0) is 27.3 Å². The van der Waals surface area contributed by atoms with Crippen LogP contribution in [0.3, 0.4) is 0 Å². The third-order valence-electron chi connectivity index (χ3n) is 5.05. The lowest BCUT2D eigenvalue weighted by Crippen LogP contribution is -2.56. The molecule has 32 heavy (non-hydrogen) atoms. The molecule has 0 radical (unpaired) electrons. The molecule has 3 N–H and O–H groups in total. The van der Waals surface area contributed by atoms with Gasteiger partial charge in [0.15, 0.2) is 0 Å². The van der Waals surface area contributed by atoms with Crippen molar-refractivity contribution in [3.8, 4) is 0 Å². The second-order valence-electron chi connectivity index (χ2n) is 7.45. The quantitative estimate of drug-likeness (QED) is 0.387. The normalized spacial score (nSPS) is 13.2. The van der Waals surface area contributed by atoms with Gasteiger partial charge in [-0.1, -0.05) is 80.9 Å². The standard InChI is InChI=1S/C24H31N3O5/c1-4-17(2)21(22(28)31-3)27-23(29)25-20(15-18-11-7-5-8-12-18)26-24(30)32-16-19-13-9-6-10-14-19/h5-14,17,20-21H,4,15-16H2,1-3H3,(H,26,30)(H2,25,27,29)/t17?,20-,21-/m0/s1. The van der Waals surface area contributed by atoms with E-state index in [2.05, 4.69) is 16.0 Å². The Hall–Kier alpha value is -3.55. The number of esters is 1. The van der Waals surface area contributed by atoms with Crippen LogP contribution in [0.2, 0.25) is 0 Å². The fourth-order valence-corrected chi connectivity index (χ4v) is 3.03. The van der Waals surface area contributed by atoms with E-state index >= 15 is 0 Å². The third kappa shape index (κ3) is 8.29. The zero-order chi connectivity index (χ0) is 23.3. The molecule has 0 bridgehead atoms. The van der Waals surface area contributed by atoms with E-state index in [1.807, 2.05) is 74.5 Å². The zero-order valence-corrected chi connectivity index (χ0v) is 18.7. The van der Waals surface area contributed by atoms with Crippen molar-refractivity contribution in [2.75, 3.05) is 7.11 Å². The van der Waals surface area contributed by atoms with E-state index in [-0.39, 0.29) is 12.5 Å². The maximum Gasteiger partial charge on any atom is 0.409 e. The van der Waals surface area contributed by atoms with Gasteiger partial charge in [0.1, 0.15) is 18.8 Å². The number of methoxy groups -OCH3 is 1. The Kier molecular flexibility index (Phi) is 10.0. The van der Waals surface area contributed by atoms with Crippen LogP contribution in [0, 0.1) is 5.92 Å². The number of nitrogens with one attached hydrogen (secondary N) is 3. The first-order chi connectivity index (χ1) is 15.4. The van der Waals surface area contributed by atoms with Gasteiger partial charge >= 0.3 is 18.1 Å². The van der Waals surface area contributed by atoms with Crippen LogP contribution in [0.1, 0.15) is 31.4 Å². The predicted octanol–water partition coefficient (Wildman–Crippen LogP) is 3.37. The molecule has 8 heteroatoms. The molecule has 0 aromatic heterocycles. The lowest BCUT2D eigenvalue weighted by molar-refractivity contribution is -0.144. The average molecular weight is 442 g/mol. The molecule has 2 aromatic rings. The van der Waals surface area contributed by atoms with E-state index in [0.717, 1.165) is 11.1 Å². The molecule has 3 atom stereocenters. The first-order valence-electron chi connectivity index (χ1n) is 10.6. The van der Waals surface area contributed by atoms with Gasteiger partial charge in [0, 0.05) is 6.42 Å². The number of hydrogen-bond donors (Lipinski definition) is 3. The zero-order valence-electron chi connectivity index (χ0n) is 18.7. The van der Waals surface area contributed by atoms with E-state index in [9.17, 15) is 14.4 Å². The molecule has 0 spiro atoms. The Morgan fingerprint density at radius 2 is 1.47 bits per heavy atom. The monoisotopic (exact) mass is 441 g/mol. The van der Waals surface area contributed by atoms with Crippen molar-refractivity contribution in [3.63, 3.8) is 0 Å². The minimum absolute atomic E-state index is 0.107. The molecule has 0 fully saturated rings. The molecular formula is C24H31N3O5. The molecule has 0 heterocycles. The average Bonchev–Trinajstić information content (AvgIpc) is 2.81. The molecule has 8 nitrogen and oxygen atoms in total. The summed E-state index contributed by atoms with van der Waals surface area (Å²) in [5.74, 6) is -0.645. The highest BCUT2D eigenvalue weighted by atomic mass is 16.5. The van der Waals surface area contributed by atoms with Gasteiger partial charge in [-0.3, -0.25) is 0 Å². The second kappa shape index (κ2) is 13.0. The summed E-state index contributed by atoms with van der Waals surface area (Å²) in [4.78, 5) is 37.1. The molecule has 0 saturated carbocycles. The highest BCUT2D eigenvalue weighted by Gasteiger charge is 2.27. The third-order valence-corrected chi connectivity index (χ3v) is 5.05. The minimum atomic E-state index is -0.799. The summed E-state index contributed by atoms with van der Waals surface area (Å²) in [6, 6.07) is 17.3. The smallest absolute Gasteiger partial charge is 0.409 e. The molecule has 2 aromatic carbocycles. The molecule has 0 aliphatic heterocycles. The van der Waals surface area contributed by atoms with Crippen LogP contribution in [0.15, 0.2) is 60.7 Å². The van der Waals surface area contributed by atoms with Crippen molar-refractivity contribution in [1.29, 1.82) is 0 Å². The van der Waals surface area contributed by atoms with Crippen LogP contribution in [0.4, 0.5) is 9.59 Å². The summed E-state index contributed by atoms with van der Waals surface area (Å²) in [5, 5.41) is 8.04. The number of alkyl carbamates (subject to hydrolysis) is 1. The molecule has 3 amide bonds. The number of ether oxygens (including phenoxy) is 2. The van der Waals surface area contributed by atoms with Crippen LogP contribution in [0.5, 0.6) is 0 Å². The fourth-order valence-electron chi connectivity index (χ4n) is 3.03. The first-order valence-corrected chi connectivity index (χ1v) is 10.6. The van der Waals surface area contributed by atoms with Gasteiger partial charge in [-0.2, -0.15) is 0 Å². The minimum Gasteiger partial charge on any atom is -0.467 e. The van der Waals surface area contributed by atoms with Crippen LogP contribution < -0.4 is 16.0 Å². The fraction of sp³-hybridized carbons (Fsp3) is 0.375. The highest BCUT2D eigenvalue weighted by molar-refractivity contribution is 5.84. The molecule has 1 unspecified atom stereocenters. The number of urea groups is 1. The van der Waals surface area contributed by atoms with E-state index in [1.165, 1.54) is 7.11 Å². The van der Waals surface area contributed by atoms with E-state index < -0.39 is 30.3 Å². The maximum absolute atomic E-state index is 12.6. The van der Waals surface area contributed by atoms with Gasteiger partial charge in [-0.05, 0) is 17.0 Å². The Bertz CT molecular complexity index is 860. The summed E-state index contributed by atoms with van der Waals surface area (Å²) in [7, 11) is 1.28. The highest BCUT2D eigenvalue weighted by Crippen LogP contribution is 2.09. The lowest BCUT2D eigenvalue weighted by atomic mass is 9.99. The topological polar surface area (TPSA) is 106 Å². The molecule has 0 saturated heterocycles. The Morgan fingerprint density at radius 3 is 2.03 bits per heavy atom. The Labute approximate surface area is 188 Å². The summed E-state index contributed by atoms with van der Waals surface area (Å²) in [6.45, 7) is 3.88. The summed E-state index contributed by atoms with van der Waals surface area (Å²) in [5.41, 5.74) is 1.76. The van der Waals surface area contributed by atoms with Gasteiger partial charge in [-0.25, -0.2) is 14.4 Å². The second-order valence-corrected chi connectivity index (χ2v) is 7.45. The van der Waals surface area contributed by atoms with Crippen molar-refractivity contribution in [2.45, 2.75) is 45.5 Å². The number of hydrogen-bond acceptors (Lipinski definition) is 5. The van der Waals surface area contributed by atoms with Crippen molar-refractivity contribution in [2.24, 2.45) is 5.92 Å². The van der Waals surface area contributed by atoms with Gasteiger partial charge in [0.25, 0.3) is 0 Å². The number of amides is 3. The Balaban J connectivity index is 2.02. The van der Waals surface area contributed by atoms with Gasteiger partial charge in [0.2, 0.25) is 0 Å². The number of rotatable bonds is 10. The van der Waals surface area contributed by atoms with Crippen molar-refractivity contribution < 1.29 is 23.9 Å². The summed E-state index contributed by atoms with van der Waals surface area (Å²) < 4.78 is 10.1. The summed E-state index contributed by atoms with van der Waals surface area (Å²) >= 11 is 0. The number of carbonyl (C=O) groups excluding carboxylic acids is 3. The van der Waals surface area contributed by atoms with Crippen molar-refractivity contribution >= 4 is 18.1 Å². The molecule has 0 aliphatic rings. The lowest BCUT2D eigenvalue weighted by Gasteiger charge is -2.25. The molecule has 172 valence electrons. The first kappa shape index (κ1) is 24.7. The van der Waals surface area contributed by atoms with Crippen LogP contribution >= 0.6 is 0 Å². The number of benzene rings is 2. The van der Waals surface area contributed by atoms with Crippen LogP contribution in [0.25, 0.3) is 0 Å². The van der Waals surface area contributed by atoms with Gasteiger partial charge in [-0.15, -0.1) is 0 Å². The Morgan fingerprint density at radius 1 is 0.875 bits per heavy atom. The predicted molar refractivity (Wildman–Crippen MR) is 121 cm³/mol. The molecule has 0 aliphatic carbocycles. The SMILES string of the molecule is CCC(C)[C@H](NC(=O)N[C@H](Cc1ccccc1)NC(=O)OCc1ccccc1)C(=O)OC. The molecular weight excluding hydrogens is 410 g/mol. The van der Waals surface area contributed by atoms with Crippen molar-refractivity contribution in [3.05, 3.63) is 71.8 Å². The van der Waals surface area contributed by atoms with Gasteiger partial charge in [0.05, 0.1) is 7.11 Å². The molecule has 2 rings (SSSR count). The maximum atomic E-state index is 12.6. The van der Waals surface area contributed by atoms with E-state index in [4.69, 9.17) is 9.47 Å². The largest absolute Gasteiger partial charge is 0.467 e. The van der Waals surface area contributed by atoms with Crippen molar-refractivity contribution in [1.82, 2.24) is 16.0 Å². The van der Waals surface area contributed by atoms with E-state index in [0.29, 0.717) is 12.8 Å². The van der Waals surface area contributed by atoms with E-state index in [1.54, 1.807) is 0 Å². The summed E-state index contributed by atoms with van der Waals surface area (Å²) in [6.07, 6.45) is -0.407.